The van der Waals surface area contributed by atoms with Gasteiger partial charge in [-0.3, -0.25) is 9.59 Å². The monoisotopic (exact) mass is 492 g/mol. The molecule has 176 valence electrons. The standard InChI is InChI=1S/C21H25ClN6O4S/c1-11(2)17(26-27-23)21(32)28-8-14(30)7-16(28)20(31)25-15(9-29)12-3-5-13(6-4-12)18-19(22)24-10-33-18/h3-6,10-11,14-17,29-30H,7-9H2,1-2H3,(H,25,31)/t14-,15+,16+,17+/m1/s1. The summed E-state index contributed by atoms with van der Waals surface area (Å²) in [6.07, 6.45) is -0.820. The van der Waals surface area contributed by atoms with Crippen molar-refractivity contribution in [3.8, 4) is 10.4 Å². The molecule has 3 N–H and O–H groups in total. The first-order valence-electron chi connectivity index (χ1n) is 10.4. The SMILES string of the molecule is CC(C)[C@H](N=[N+]=[N-])C(=O)N1C[C@H](O)C[C@H]1C(=O)N[C@@H](CO)c1ccc(-c2scnc2Cl)cc1. The Morgan fingerprint density at radius 3 is 2.64 bits per heavy atom. The lowest BCUT2D eigenvalue weighted by Gasteiger charge is -2.29. The maximum absolute atomic E-state index is 13.0. The summed E-state index contributed by atoms with van der Waals surface area (Å²) in [4.78, 5) is 34.8. The number of amides is 2. The van der Waals surface area contributed by atoms with Crippen molar-refractivity contribution in [3.05, 3.63) is 50.9 Å². The number of thiazole rings is 1. The summed E-state index contributed by atoms with van der Waals surface area (Å²) in [5.74, 6) is -1.28. The lowest BCUT2D eigenvalue weighted by molar-refractivity contribution is -0.140. The van der Waals surface area contributed by atoms with Crippen molar-refractivity contribution >= 4 is 34.8 Å². The largest absolute Gasteiger partial charge is 0.394 e. The number of carbonyl (C=O) groups is 2. The lowest BCUT2D eigenvalue weighted by atomic mass is 10.0. The molecule has 1 aliphatic rings. The second kappa shape index (κ2) is 11.0. The molecule has 12 heteroatoms. The van der Waals surface area contributed by atoms with E-state index in [-0.39, 0.29) is 25.5 Å². The van der Waals surface area contributed by atoms with E-state index in [1.54, 1.807) is 31.5 Å². The Morgan fingerprint density at radius 1 is 1.39 bits per heavy atom. The van der Waals surface area contributed by atoms with E-state index in [2.05, 4.69) is 20.3 Å². The molecule has 2 amide bonds. The lowest BCUT2D eigenvalue weighted by Crippen LogP contribution is -2.50. The number of aromatic nitrogens is 1. The molecule has 2 aromatic rings. The molecule has 0 bridgehead atoms. The molecule has 0 unspecified atom stereocenters. The van der Waals surface area contributed by atoms with Gasteiger partial charge in [0.1, 0.15) is 17.2 Å². The van der Waals surface area contributed by atoms with Crippen LogP contribution < -0.4 is 5.32 Å². The van der Waals surface area contributed by atoms with Gasteiger partial charge in [-0.25, -0.2) is 4.98 Å². The van der Waals surface area contributed by atoms with Crippen LogP contribution in [0.3, 0.4) is 0 Å². The topological polar surface area (TPSA) is 152 Å². The van der Waals surface area contributed by atoms with Crippen molar-refractivity contribution in [2.45, 2.75) is 44.5 Å². The Hall–Kier alpha value is -2.69. The number of hydrogen-bond donors (Lipinski definition) is 3. The fraction of sp³-hybridized carbons (Fsp3) is 0.476. The van der Waals surface area contributed by atoms with Crippen molar-refractivity contribution < 1.29 is 19.8 Å². The number of hydrogen-bond acceptors (Lipinski definition) is 7. The molecular formula is C21H25ClN6O4S. The minimum absolute atomic E-state index is 0.0326. The molecule has 2 heterocycles. The highest BCUT2D eigenvalue weighted by atomic mass is 35.5. The Kier molecular flexibility index (Phi) is 8.28. The van der Waals surface area contributed by atoms with Crippen LogP contribution in [0.25, 0.3) is 20.9 Å². The first kappa shape index (κ1) is 24.9. The van der Waals surface area contributed by atoms with E-state index < -0.39 is 36.0 Å². The van der Waals surface area contributed by atoms with E-state index in [0.717, 1.165) is 10.4 Å². The second-order valence-corrected chi connectivity index (χ2v) is 9.34. The van der Waals surface area contributed by atoms with Gasteiger partial charge in [-0.1, -0.05) is 54.8 Å². The van der Waals surface area contributed by atoms with E-state index >= 15 is 0 Å². The van der Waals surface area contributed by atoms with Crippen LogP contribution in [0.4, 0.5) is 0 Å². The summed E-state index contributed by atoms with van der Waals surface area (Å²) in [5.41, 5.74) is 12.0. The van der Waals surface area contributed by atoms with Gasteiger partial charge in [-0.15, -0.1) is 11.3 Å². The Balaban J connectivity index is 1.75. The van der Waals surface area contributed by atoms with Gasteiger partial charge in [0.15, 0.2) is 0 Å². The van der Waals surface area contributed by atoms with Crippen LogP contribution in [-0.2, 0) is 9.59 Å². The van der Waals surface area contributed by atoms with E-state index in [1.165, 1.54) is 16.2 Å². The smallest absolute Gasteiger partial charge is 0.243 e. The minimum atomic E-state index is -0.977. The first-order valence-corrected chi connectivity index (χ1v) is 11.7. The molecule has 3 rings (SSSR count). The van der Waals surface area contributed by atoms with Gasteiger partial charge in [-0.2, -0.15) is 0 Å². The highest BCUT2D eigenvalue weighted by Crippen LogP contribution is 2.32. The van der Waals surface area contributed by atoms with Crippen LogP contribution in [-0.4, -0.2) is 63.3 Å². The van der Waals surface area contributed by atoms with Gasteiger partial charge in [-0.05, 0) is 22.6 Å². The minimum Gasteiger partial charge on any atom is -0.394 e. The third-order valence-electron chi connectivity index (χ3n) is 5.52. The molecule has 0 saturated carbocycles. The van der Waals surface area contributed by atoms with Gasteiger partial charge >= 0.3 is 0 Å². The van der Waals surface area contributed by atoms with Gasteiger partial charge in [0.2, 0.25) is 11.8 Å². The van der Waals surface area contributed by atoms with E-state index in [9.17, 15) is 19.8 Å². The van der Waals surface area contributed by atoms with Crippen molar-refractivity contribution in [2.75, 3.05) is 13.2 Å². The summed E-state index contributed by atoms with van der Waals surface area (Å²) >= 11 is 7.49. The summed E-state index contributed by atoms with van der Waals surface area (Å²) in [7, 11) is 0. The highest BCUT2D eigenvalue weighted by molar-refractivity contribution is 7.13. The summed E-state index contributed by atoms with van der Waals surface area (Å²) in [5, 5.41) is 26.8. The van der Waals surface area contributed by atoms with Crippen LogP contribution in [0.5, 0.6) is 0 Å². The predicted octanol–water partition coefficient (Wildman–Crippen LogP) is 2.91. The molecule has 1 saturated heterocycles. The third kappa shape index (κ3) is 5.63. The van der Waals surface area contributed by atoms with E-state index in [0.29, 0.717) is 10.7 Å². The summed E-state index contributed by atoms with van der Waals surface area (Å²) in [6, 6.07) is 4.57. The number of carbonyl (C=O) groups excluding carboxylic acids is 2. The normalized spacial score (nSPS) is 19.8. The molecule has 1 fully saturated rings. The molecule has 0 spiro atoms. The third-order valence-corrected chi connectivity index (χ3v) is 6.80. The summed E-state index contributed by atoms with van der Waals surface area (Å²) in [6.45, 7) is 3.09. The number of nitrogens with one attached hydrogen (secondary N) is 1. The van der Waals surface area contributed by atoms with E-state index in [1.807, 2.05) is 12.1 Å². The van der Waals surface area contributed by atoms with Gasteiger partial charge in [0.25, 0.3) is 0 Å². The molecule has 0 aliphatic carbocycles. The number of nitrogens with zero attached hydrogens (tertiary/aromatic N) is 5. The van der Waals surface area contributed by atoms with Crippen LogP contribution in [0.1, 0.15) is 31.9 Å². The molecule has 1 aromatic carbocycles. The number of rotatable bonds is 8. The fourth-order valence-corrected chi connectivity index (χ4v) is 4.82. The number of likely N-dealkylation sites (tertiary alicyclic amines) is 1. The van der Waals surface area contributed by atoms with Gasteiger partial charge in [0.05, 0.1) is 29.1 Å². The number of β-amino-alcohol motifs (C(OH)–C–C–N with tert-alkyl or cyclic N) is 1. The van der Waals surface area contributed by atoms with Crippen molar-refractivity contribution in [2.24, 2.45) is 11.0 Å². The maximum Gasteiger partial charge on any atom is 0.243 e. The molecule has 0 radical (unpaired) electrons. The Morgan fingerprint density at radius 2 is 2.09 bits per heavy atom. The molecule has 4 atom stereocenters. The highest BCUT2D eigenvalue weighted by Gasteiger charge is 2.42. The average molecular weight is 493 g/mol. The quantitative estimate of drug-likeness (QED) is 0.294. The van der Waals surface area contributed by atoms with Crippen LogP contribution in [0.2, 0.25) is 5.15 Å². The average Bonchev–Trinajstić information content (AvgIpc) is 3.40. The molecule has 1 aromatic heterocycles. The zero-order valence-electron chi connectivity index (χ0n) is 18.1. The zero-order valence-corrected chi connectivity index (χ0v) is 19.7. The molecule has 33 heavy (non-hydrogen) atoms. The van der Waals surface area contributed by atoms with Crippen LogP contribution >= 0.6 is 22.9 Å². The Labute approximate surface area is 199 Å². The van der Waals surface area contributed by atoms with Crippen molar-refractivity contribution in [3.63, 3.8) is 0 Å². The molecular weight excluding hydrogens is 468 g/mol. The maximum atomic E-state index is 13.0. The fourth-order valence-electron chi connectivity index (χ4n) is 3.79. The molecule has 1 aliphatic heterocycles. The van der Waals surface area contributed by atoms with Crippen molar-refractivity contribution in [1.82, 2.24) is 15.2 Å². The Bertz CT molecular complexity index is 1040. The van der Waals surface area contributed by atoms with Crippen molar-refractivity contribution in [1.29, 1.82) is 0 Å². The number of aliphatic hydroxyl groups is 2. The van der Waals surface area contributed by atoms with Crippen LogP contribution in [0, 0.1) is 5.92 Å². The predicted molar refractivity (Wildman–Crippen MR) is 124 cm³/mol. The molecule has 10 nitrogen and oxygen atoms in total. The van der Waals surface area contributed by atoms with E-state index in [4.69, 9.17) is 17.1 Å². The number of halogens is 1. The number of azide groups is 1. The number of benzene rings is 1. The summed E-state index contributed by atoms with van der Waals surface area (Å²) < 4.78 is 0. The van der Waals surface area contributed by atoms with Gasteiger partial charge < -0.3 is 20.4 Å². The van der Waals surface area contributed by atoms with Crippen LogP contribution in [0.15, 0.2) is 34.9 Å². The zero-order chi connectivity index (χ0) is 24.1. The number of aliphatic hydroxyl groups excluding tert-OH is 2. The first-order chi connectivity index (χ1) is 15.8. The second-order valence-electron chi connectivity index (χ2n) is 8.13. The van der Waals surface area contributed by atoms with Gasteiger partial charge in [0, 0.05) is 17.9 Å².